The number of benzene rings is 1. The summed E-state index contributed by atoms with van der Waals surface area (Å²) in [5, 5.41) is 11.8. The molecule has 2 atom stereocenters. The molecule has 1 aromatic heterocycles. The van der Waals surface area contributed by atoms with E-state index in [1.165, 1.54) is 0 Å². The van der Waals surface area contributed by atoms with Crippen molar-refractivity contribution in [1.82, 2.24) is 10.4 Å². The van der Waals surface area contributed by atoms with Crippen LogP contribution in [-0.2, 0) is 42.4 Å². The zero-order valence-electron chi connectivity index (χ0n) is 25.0. The number of methoxy groups -OCH3 is 1. The Morgan fingerprint density at radius 3 is 2.66 bits per heavy atom. The lowest BCUT2D eigenvalue weighted by Gasteiger charge is -2.28. The lowest BCUT2D eigenvalue weighted by Crippen LogP contribution is -2.36. The molecule has 2 unspecified atom stereocenters. The average Bonchev–Trinajstić information content (AvgIpc) is 3.50. The van der Waals surface area contributed by atoms with Gasteiger partial charge < -0.3 is 14.7 Å². The number of thioether (sulfide) groups is 1. The van der Waals surface area contributed by atoms with E-state index in [1.54, 1.807) is 37.1 Å². The predicted molar refractivity (Wildman–Crippen MR) is 175 cm³/mol. The average molecular weight is 687 g/mol. The first-order valence-electron chi connectivity index (χ1n) is 14.4. The standard InChI is InChI=1S/C29H39N3O8S4/c1-4-21(18-29-32(12-6-14-43(34,35)36)25-19-23(39-3)9-11-27(25)42-29)17-28-31(13-7-15-44(37,38)40-30-5-2)24-16-22(20-33)8-10-26(24)41-28/h8-11,16-19,25,27,30,33H,4-7,12-15,20H2,1-3H3/p+1. The summed E-state index contributed by atoms with van der Waals surface area (Å²) in [5.41, 5.74) is 5.12. The number of hydroxylamine groups is 1. The molecule has 11 nitrogen and oxygen atoms in total. The number of hydrogen-bond acceptors (Lipinski definition) is 11. The molecule has 3 N–H and O–H groups in total. The number of nitrogens with one attached hydrogen (secondary N) is 1. The van der Waals surface area contributed by atoms with Crippen LogP contribution in [0.4, 0.5) is 0 Å². The number of nitrogens with zero attached hydrogens (tertiary/aromatic N) is 2. The zero-order valence-corrected chi connectivity index (χ0v) is 28.3. The van der Waals surface area contributed by atoms with Crippen molar-refractivity contribution in [2.75, 3.05) is 31.7 Å². The zero-order chi connectivity index (χ0) is 31.9. The minimum Gasteiger partial charge on any atom is -0.497 e. The second kappa shape index (κ2) is 15.4. The molecule has 0 radical (unpaired) electrons. The normalized spacial score (nSPS) is 20.0. The summed E-state index contributed by atoms with van der Waals surface area (Å²) >= 11 is 3.28. The van der Waals surface area contributed by atoms with Crippen LogP contribution in [0, 0.1) is 0 Å². The quantitative estimate of drug-likeness (QED) is 0.135. The molecule has 1 aromatic carbocycles. The molecule has 2 aromatic rings. The predicted octanol–water partition coefficient (Wildman–Crippen LogP) is 3.74. The van der Waals surface area contributed by atoms with Crippen molar-refractivity contribution in [2.24, 2.45) is 0 Å². The fourth-order valence-corrected chi connectivity index (χ4v) is 8.89. The fourth-order valence-electron chi connectivity index (χ4n) is 5.02. The van der Waals surface area contributed by atoms with Crippen molar-refractivity contribution in [3.63, 3.8) is 0 Å². The molecule has 2 aliphatic rings. The van der Waals surface area contributed by atoms with Gasteiger partial charge in [-0.15, -0.1) is 0 Å². The Kier molecular flexibility index (Phi) is 12.1. The van der Waals surface area contributed by atoms with E-state index in [-0.39, 0.29) is 35.8 Å². The topological polar surface area (TPSA) is 146 Å². The number of allylic oxidation sites excluding steroid dienone is 3. The van der Waals surface area contributed by atoms with Gasteiger partial charge in [-0.05, 0) is 48.3 Å². The third-order valence-corrected chi connectivity index (χ3v) is 11.5. The van der Waals surface area contributed by atoms with E-state index >= 15 is 0 Å². The summed E-state index contributed by atoms with van der Waals surface area (Å²) in [7, 11) is -6.19. The molecule has 1 aliphatic heterocycles. The molecule has 1 fully saturated rings. The highest BCUT2D eigenvalue weighted by Crippen LogP contribution is 2.43. The van der Waals surface area contributed by atoms with Crippen LogP contribution in [0.25, 0.3) is 16.3 Å². The number of rotatable bonds is 16. The molecule has 0 bridgehead atoms. The Morgan fingerprint density at radius 1 is 1.18 bits per heavy atom. The Morgan fingerprint density at radius 2 is 1.98 bits per heavy atom. The molecule has 44 heavy (non-hydrogen) atoms. The summed E-state index contributed by atoms with van der Waals surface area (Å²) < 4.78 is 70.1. The maximum atomic E-state index is 12.3. The summed E-state index contributed by atoms with van der Waals surface area (Å²) in [6.07, 6.45) is 11.6. The Balaban J connectivity index is 1.68. The highest BCUT2D eigenvalue weighted by molar-refractivity contribution is 8.04. The second-order valence-electron chi connectivity index (χ2n) is 10.3. The molecule has 1 aliphatic carbocycles. The van der Waals surface area contributed by atoms with Crippen molar-refractivity contribution in [1.29, 1.82) is 0 Å². The van der Waals surface area contributed by atoms with Gasteiger partial charge in [0.1, 0.15) is 10.5 Å². The summed E-state index contributed by atoms with van der Waals surface area (Å²) in [4.78, 5) is 2.16. The molecule has 0 spiro atoms. The van der Waals surface area contributed by atoms with Gasteiger partial charge in [0.05, 0.1) is 41.5 Å². The smallest absolute Gasteiger partial charge is 0.283 e. The molecular weight excluding hydrogens is 647 g/mol. The van der Waals surface area contributed by atoms with Gasteiger partial charge in [-0.2, -0.15) is 31.2 Å². The number of hydrogen-bond donors (Lipinski definition) is 3. The first-order valence-corrected chi connectivity index (χ1v) is 19.3. The van der Waals surface area contributed by atoms with E-state index in [0.717, 1.165) is 37.1 Å². The number of aliphatic hydroxyl groups excluding tert-OH is 1. The number of ether oxygens (including phenoxy) is 1. The molecule has 4 rings (SSSR count). The molecular formula is C29H40N3O8S4+. The van der Waals surface area contributed by atoms with Gasteiger partial charge in [0.15, 0.2) is 6.54 Å². The van der Waals surface area contributed by atoms with Crippen LogP contribution in [0.15, 0.2) is 58.9 Å². The van der Waals surface area contributed by atoms with Gasteiger partial charge in [0, 0.05) is 31.7 Å². The monoisotopic (exact) mass is 686 g/mol. The van der Waals surface area contributed by atoms with Gasteiger partial charge in [-0.25, -0.2) is 0 Å². The van der Waals surface area contributed by atoms with Crippen molar-refractivity contribution in [3.05, 3.63) is 69.4 Å². The SMILES string of the molecule is CCNOS(=O)(=O)CCC[n+]1c(C=C(C=C2SC3C=CC(OC)=CC3N2CCCS(=O)(=O)O)CC)sc2ccc(CO)cc21. The van der Waals surface area contributed by atoms with Crippen molar-refractivity contribution in [3.8, 4) is 0 Å². The van der Waals surface area contributed by atoms with Gasteiger partial charge in [0.25, 0.3) is 25.2 Å². The van der Waals surface area contributed by atoms with E-state index in [2.05, 4.69) is 40.1 Å². The van der Waals surface area contributed by atoms with E-state index in [0.29, 0.717) is 32.5 Å². The van der Waals surface area contributed by atoms with Crippen LogP contribution in [0.3, 0.4) is 0 Å². The van der Waals surface area contributed by atoms with Crippen LogP contribution < -0.4 is 10.0 Å². The lowest BCUT2D eigenvalue weighted by atomic mass is 10.1. The van der Waals surface area contributed by atoms with Crippen molar-refractivity contribution in [2.45, 2.75) is 57.6 Å². The molecule has 242 valence electrons. The second-order valence-corrected chi connectivity index (χ2v) is 15.9. The first-order chi connectivity index (χ1) is 21.0. The van der Waals surface area contributed by atoms with Crippen LogP contribution in [0.5, 0.6) is 0 Å². The minimum atomic E-state index is -4.08. The number of thiazole rings is 1. The lowest BCUT2D eigenvalue weighted by molar-refractivity contribution is -0.668. The number of aliphatic hydroxyl groups is 1. The first kappa shape index (κ1) is 34.6. The summed E-state index contributed by atoms with van der Waals surface area (Å²) in [5.74, 6) is 0.268. The molecule has 15 heteroatoms. The largest absolute Gasteiger partial charge is 0.497 e. The van der Waals surface area contributed by atoms with Crippen molar-refractivity contribution < 1.29 is 40.1 Å². The van der Waals surface area contributed by atoms with E-state index < -0.39 is 20.2 Å². The molecule has 0 saturated carbocycles. The van der Waals surface area contributed by atoms with Crippen LogP contribution in [0.2, 0.25) is 0 Å². The van der Waals surface area contributed by atoms with E-state index in [9.17, 15) is 26.5 Å². The molecule has 1 saturated heterocycles. The Labute approximate surface area is 267 Å². The van der Waals surface area contributed by atoms with Gasteiger partial charge in [-0.1, -0.05) is 49.1 Å². The van der Waals surface area contributed by atoms with Gasteiger partial charge >= 0.3 is 0 Å². The van der Waals surface area contributed by atoms with Crippen molar-refractivity contribution >= 4 is 59.6 Å². The molecule has 2 heterocycles. The van der Waals surface area contributed by atoms with E-state index in [1.807, 2.05) is 30.4 Å². The number of aryl methyl sites for hydroxylation is 1. The maximum Gasteiger partial charge on any atom is 0.283 e. The van der Waals surface area contributed by atoms with Crippen LogP contribution in [0.1, 0.15) is 43.7 Å². The number of fused-ring (bicyclic) bond motifs is 2. The minimum absolute atomic E-state index is 0.0248. The Bertz CT molecular complexity index is 1660. The molecule has 0 amide bonds. The third kappa shape index (κ3) is 9.16. The summed E-state index contributed by atoms with van der Waals surface area (Å²) in [6, 6.07) is 5.75. The number of aromatic nitrogens is 1. The van der Waals surface area contributed by atoms with Crippen LogP contribution in [-0.4, -0.2) is 74.4 Å². The van der Waals surface area contributed by atoms with E-state index in [4.69, 9.17) is 9.02 Å². The fraction of sp³-hybridized carbons (Fsp3) is 0.483. The van der Waals surface area contributed by atoms with Gasteiger partial charge in [-0.3, -0.25) is 4.55 Å². The third-order valence-electron chi connectivity index (χ3n) is 7.17. The maximum absolute atomic E-state index is 12.3. The summed E-state index contributed by atoms with van der Waals surface area (Å²) in [6.45, 7) is 4.95. The Hall–Kier alpha value is -2.24. The van der Waals surface area contributed by atoms with Crippen LogP contribution >= 0.6 is 23.1 Å². The highest BCUT2D eigenvalue weighted by Gasteiger charge is 2.37. The highest BCUT2D eigenvalue weighted by atomic mass is 32.2. The van der Waals surface area contributed by atoms with Gasteiger partial charge in [0.2, 0.25) is 5.52 Å².